The summed E-state index contributed by atoms with van der Waals surface area (Å²) in [6.07, 6.45) is 0. The standard InChI is InChI=1S/C15H15N3O4/c16-15(19)18-17-8-10-1-3-11(4-2-10)22-12-5-6-13-14(7-12)21-9-20-13/h1-7,17H,8-9H2,(H3,16,18,19). The minimum Gasteiger partial charge on any atom is -0.457 e. The molecule has 7 heteroatoms. The molecule has 2 aromatic rings. The van der Waals surface area contributed by atoms with E-state index in [4.69, 9.17) is 19.9 Å². The van der Waals surface area contributed by atoms with Crippen molar-refractivity contribution in [1.29, 1.82) is 0 Å². The third kappa shape index (κ3) is 3.39. The van der Waals surface area contributed by atoms with Gasteiger partial charge in [0, 0.05) is 12.6 Å². The van der Waals surface area contributed by atoms with E-state index in [1.54, 1.807) is 6.07 Å². The predicted octanol–water partition coefficient (Wildman–Crippen LogP) is 1.88. The van der Waals surface area contributed by atoms with Crippen molar-refractivity contribution in [3.63, 3.8) is 0 Å². The van der Waals surface area contributed by atoms with Gasteiger partial charge in [-0.2, -0.15) is 0 Å². The third-order valence-corrected chi connectivity index (χ3v) is 3.01. The number of nitrogens with one attached hydrogen (secondary N) is 2. The van der Waals surface area contributed by atoms with Gasteiger partial charge in [-0.05, 0) is 29.8 Å². The van der Waals surface area contributed by atoms with Gasteiger partial charge in [0.15, 0.2) is 11.5 Å². The monoisotopic (exact) mass is 301 g/mol. The van der Waals surface area contributed by atoms with Gasteiger partial charge in [-0.3, -0.25) is 5.43 Å². The van der Waals surface area contributed by atoms with Crippen LogP contribution >= 0.6 is 0 Å². The van der Waals surface area contributed by atoms with Crippen LogP contribution in [0, 0.1) is 0 Å². The normalized spacial score (nSPS) is 12.0. The van der Waals surface area contributed by atoms with Crippen molar-refractivity contribution in [3.8, 4) is 23.0 Å². The Morgan fingerprint density at radius 1 is 1.09 bits per heavy atom. The highest BCUT2D eigenvalue weighted by molar-refractivity contribution is 5.70. The van der Waals surface area contributed by atoms with Crippen LogP contribution in [0.4, 0.5) is 4.79 Å². The molecule has 22 heavy (non-hydrogen) atoms. The summed E-state index contributed by atoms with van der Waals surface area (Å²) in [5.74, 6) is 2.77. The van der Waals surface area contributed by atoms with Crippen molar-refractivity contribution in [3.05, 3.63) is 48.0 Å². The molecule has 1 aliphatic heterocycles. The molecular formula is C15H15N3O4. The number of ether oxygens (including phenoxy) is 3. The first-order chi connectivity index (χ1) is 10.7. The number of amides is 2. The Labute approximate surface area is 126 Å². The minimum atomic E-state index is -0.622. The lowest BCUT2D eigenvalue weighted by atomic mass is 10.2. The Bertz CT molecular complexity index is 673. The largest absolute Gasteiger partial charge is 0.457 e. The molecule has 0 spiro atoms. The molecule has 0 atom stereocenters. The van der Waals surface area contributed by atoms with Gasteiger partial charge in [-0.15, -0.1) is 0 Å². The highest BCUT2D eigenvalue weighted by atomic mass is 16.7. The van der Waals surface area contributed by atoms with Crippen LogP contribution in [0.25, 0.3) is 0 Å². The van der Waals surface area contributed by atoms with Crippen LogP contribution in [0.1, 0.15) is 5.56 Å². The van der Waals surface area contributed by atoms with Crippen molar-refractivity contribution in [2.75, 3.05) is 6.79 Å². The molecule has 0 aromatic heterocycles. The van der Waals surface area contributed by atoms with E-state index in [2.05, 4.69) is 10.9 Å². The zero-order valence-electron chi connectivity index (χ0n) is 11.7. The molecule has 7 nitrogen and oxygen atoms in total. The smallest absolute Gasteiger partial charge is 0.326 e. The number of benzene rings is 2. The molecule has 2 amide bonds. The number of hydrazine groups is 1. The number of carbonyl (C=O) groups excluding carboxylic acids is 1. The Morgan fingerprint density at radius 3 is 2.59 bits per heavy atom. The van der Waals surface area contributed by atoms with Crippen molar-refractivity contribution in [2.45, 2.75) is 6.54 Å². The number of urea groups is 1. The van der Waals surface area contributed by atoms with Crippen LogP contribution < -0.4 is 30.8 Å². The van der Waals surface area contributed by atoms with Gasteiger partial charge in [0.25, 0.3) is 0 Å². The quantitative estimate of drug-likeness (QED) is 0.733. The Balaban J connectivity index is 1.60. The third-order valence-electron chi connectivity index (χ3n) is 3.01. The second-order valence-corrected chi connectivity index (χ2v) is 4.60. The molecule has 3 rings (SSSR count). The van der Waals surface area contributed by atoms with Crippen LogP contribution in [0.3, 0.4) is 0 Å². The maximum Gasteiger partial charge on any atom is 0.326 e. The van der Waals surface area contributed by atoms with Crippen LogP contribution in [0.15, 0.2) is 42.5 Å². The number of hydrogen-bond donors (Lipinski definition) is 3. The number of hydrogen-bond acceptors (Lipinski definition) is 5. The van der Waals surface area contributed by atoms with Gasteiger partial charge in [-0.1, -0.05) is 12.1 Å². The second-order valence-electron chi connectivity index (χ2n) is 4.60. The number of rotatable bonds is 5. The number of primary amides is 1. The van der Waals surface area contributed by atoms with Crippen LogP contribution in [0.5, 0.6) is 23.0 Å². The van der Waals surface area contributed by atoms with Crippen LogP contribution in [-0.4, -0.2) is 12.8 Å². The lowest BCUT2D eigenvalue weighted by Crippen LogP contribution is -2.40. The fraction of sp³-hybridized carbons (Fsp3) is 0.133. The molecule has 4 N–H and O–H groups in total. The molecule has 2 aromatic carbocycles. The summed E-state index contributed by atoms with van der Waals surface area (Å²) < 4.78 is 16.3. The maximum atomic E-state index is 10.5. The Hall–Kier alpha value is -2.93. The first-order valence-electron chi connectivity index (χ1n) is 6.65. The molecule has 1 heterocycles. The molecule has 0 unspecified atom stereocenters. The highest BCUT2D eigenvalue weighted by Gasteiger charge is 2.13. The lowest BCUT2D eigenvalue weighted by Gasteiger charge is -2.08. The number of fused-ring (bicyclic) bond motifs is 1. The summed E-state index contributed by atoms with van der Waals surface area (Å²) in [7, 11) is 0. The van der Waals surface area contributed by atoms with Gasteiger partial charge in [0.05, 0.1) is 0 Å². The van der Waals surface area contributed by atoms with Crippen molar-refractivity contribution < 1.29 is 19.0 Å². The van der Waals surface area contributed by atoms with Crippen LogP contribution in [0.2, 0.25) is 0 Å². The summed E-state index contributed by atoms with van der Waals surface area (Å²) in [5.41, 5.74) is 10.9. The summed E-state index contributed by atoms with van der Waals surface area (Å²) >= 11 is 0. The maximum absolute atomic E-state index is 10.5. The summed E-state index contributed by atoms with van der Waals surface area (Å²) in [5, 5.41) is 0. The van der Waals surface area contributed by atoms with E-state index < -0.39 is 6.03 Å². The van der Waals surface area contributed by atoms with E-state index in [1.807, 2.05) is 36.4 Å². The number of nitrogens with two attached hydrogens (primary N) is 1. The Kier molecular flexibility index (Phi) is 3.97. The van der Waals surface area contributed by atoms with Crippen molar-refractivity contribution in [1.82, 2.24) is 10.9 Å². The van der Waals surface area contributed by atoms with Crippen LogP contribution in [-0.2, 0) is 6.54 Å². The number of carbonyl (C=O) groups is 1. The molecule has 0 bridgehead atoms. The van der Waals surface area contributed by atoms with E-state index >= 15 is 0 Å². The van der Waals surface area contributed by atoms with Gasteiger partial charge < -0.3 is 19.9 Å². The fourth-order valence-corrected chi connectivity index (χ4v) is 1.99. The van der Waals surface area contributed by atoms with Crippen molar-refractivity contribution in [2.24, 2.45) is 5.73 Å². The first kappa shape index (κ1) is 14.0. The summed E-state index contributed by atoms with van der Waals surface area (Å²) in [4.78, 5) is 10.5. The zero-order valence-corrected chi connectivity index (χ0v) is 11.7. The lowest BCUT2D eigenvalue weighted by molar-refractivity contribution is 0.174. The second kappa shape index (κ2) is 6.23. The Morgan fingerprint density at radius 2 is 1.82 bits per heavy atom. The van der Waals surface area contributed by atoms with E-state index in [1.165, 1.54) is 0 Å². The van der Waals surface area contributed by atoms with E-state index in [9.17, 15) is 4.79 Å². The van der Waals surface area contributed by atoms with E-state index in [-0.39, 0.29) is 6.79 Å². The topological polar surface area (TPSA) is 94.8 Å². The van der Waals surface area contributed by atoms with Gasteiger partial charge in [0.1, 0.15) is 11.5 Å². The SMILES string of the molecule is NC(=O)NNCc1ccc(Oc2ccc3c(c2)OCO3)cc1. The van der Waals surface area contributed by atoms with E-state index in [0.717, 1.165) is 11.3 Å². The summed E-state index contributed by atoms with van der Waals surface area (Å²) in [6, 6.07) is 12.2. The average molecular weight is 301 g/mol. The molecule has 0 saturated heterocycles. The molecule has 114 valence electrons. The molecule has 0 radical (unpaired) electrons. The molecular weight excluding hydrogens is 286 g/mol. The predicted molar refractivity (Wildman–Crippen MR) is 78.6 cm³/mol. The highest BCUT2D eigenvalue weighted by Crippen LogP contribution is 2.36. The summed E-state index contributed by atoms with van der Waals surface area (Å²) in [6.45, 7) is 0.701. The van der Waals surface area contributed by atoms with Gasteiger partial charge in [0.2, 0.25) is 6.79 Å². The van der Waals surface area contributed by atoms with Gasteiger partial charge >= 0.3 is 6.03 Å². The van der Waals surface area contributed by atoms with Crippen molar-refractivity contribution >= 4 is 6.03 Å². The minimum absolute atomic E-state index is 0.236. The molecule has 0 aliphatic carbocycles. The van der Waals surface area contributed by atoms with E-state index in [0.29, 0.717) is 23.8 Å². The zero-order chi connectivity index (χ0) is 15.4. The average Bonchev–Trinajstić information content (AvgIpc) is 2.96. The molecule has 0 saturated carbocycles. The molecule has 1 aliphatic rings. The first-order valence-corrected chi connectivity index (χ1v) is 6.65. The fourth-order valence-electron chi connectivity index (χ4n) is 1.99. The molecule has 0 fully saturated rings. The van der Waals surface area contributed by atoms with Gasteiger partial charge in [-0.25, -0.2) is 10.2 Å².